The molecule has 0 spiro atoms. The van der Waals surface area contributed by atoms with Gasteiger partial charge < -0.3 is 10.1 Å². The molecule has 0 aliphatic rings. The van der Waals surface area contributed by atoms with E-state index in [1.54, 1.807) is 19.2 Å². The number of amides is 1. The van der Waals surface area contributed by atoms with Crippen molar-refractivity contribution in [2.75, 3.05) is 12.4 Å². The zero-order valence-corrected chi connectivity index (χ0v) is 15.4. The van der Waals surface area contributed by atoms with Crippen LogP contribution in [0.4, 0.5) is 10.1 Å². The number of hydrogen-bond donors (Lipinski definition) is 1. The van der Waals surface area contributed by atoms with Gasteiger partial charge in [-0.2, -0.15) is 5.10 Å². The minimum atomic E-state index is -0.413. The summed E-state index contributed by atoms with van der Waals surface area (Å²) in [5, 5.41) is 7.01. The maximum atomic E-state index is 13.2. The third kappa shape index (κ3) is 5.03. The highest BCUT2D eigenvalue weighted by Crippen LogP contribution is 2.19. The first-order valence-electron chi connectivity index (χ1n) is 8.83. The van der Waals surface area contributed by atoms with E-state index in [0.717, 1.165) is 11.3 Å². The van der Waals surface area contributed by atoms with Crippen LogP contribution < -0.4 is 15.6 Å². The van der Waals surface area contributed by atoms with Crippen LogP contribution in [0, 0.1) is 5.82 Å². The number of carbonyl (C=O) groups excluding carboxylic acids is 1. The van der Waals surface area contributed by atoms with Crippen LogP contribution in [0.25, 0.3) is 11.3 Å². The van der Waals surface area contributed by atoms with Crippen LogP contribution in [0.3, 0.4) is 0 Å². The molecule has 3 aromatic rings. The Hall–Kier alpha value is -3.48. The lowest BCUT2D eigenvalue weighted by molar-refractivity contribution is -0.116. The van der Waals surface area contributed by atoms with Gasteiger partial charge in [-0.3, -0.25) is 9.59 Å². The molecule has 0 atom stereocenters. The van der Waals surface area contributed by atoms with Crippen molar-refractivity contribution in [3.05, 3.63) is 76.8 Å². The second-order valence-corrected chi connectivity index (χ2v) is 6.17. The van der Waals surface area contributed by atoms with E-state index in [9.17, 15) is 14.0 Å². The van der Waals surface area contributed by atoms with E-state index in [2.05, 4.69) is 10.4 Å². The fraction of sp³-hybridized carbons (Fsp3) is 0.190. The summed E-state index contributed by atoms with van der Waals surface area (Å²) in [4.78, 5) is 24.0. The minimum Gasteiger partial charge on any atom is -0.497 e. The van der Waals surface area contributed by atoms with Gasteiger partial charge in [-0.05, 0) is 55.0 Å². The number of methoxy groups -OCH3 is 1. The fourth-order valence-electron chi connectivity index (χ4n) is 2.70. The Bertz CT molecular complexity index is 1020. The molecule has 0 radical (unpaired) electrons. The molecule has 6 nitrogen and oxygen atoms in total. The van der Waals surface area contributed by atoms with E-state index in [1.807, 2.05) is 24.3 Å². The summed E-state index contributed by atoms with van der Waals surface area (Å²) in [6, 6.07) is 16.2. The van der Waals surface area contributed by atoms with Crippen molar-refractivity contribution in [3.63, 3.8) is 0 Å². The van der Waals surface area contributed by atoms with E-state index in [4.69, 9.17) is 4.74 Å². The number of ether oxygens (including phenoxy) is 1. The number of carbonyl (C=O) groups is 1. The van der Waals surface area contributed by atoms with Gasteiger partial charge in [0.2, 0.25) is 5.91 Å². The average Bonchev–Trinajstić information content (AvgIpc) is 2.69. The normalized spacial score (nSPS) is 10.5. The Labute approximate surface area is 161 Å². The molecule has 3 rings (SSSR count). The number of anilines is 1. The molecule has 0 saturated heterocycles. The highest BCUT2D eigenvalue weighted by atomic mass is 19.1. The second-order valence-electron chi connectivity index (χ2n) is 6.17. The van der Waals surface area contributed by atoms with Crippen molar-refractivity contribution < 1.29 is 13.9 Å². The molecular formula is C21H20FN3O3. The first kappa shape index (κ1) is 19.3. The fourth-order valence-corrected chi connectivity index (χ4v) is 2.70. The smallest absolute Gasteiger partial charge is 0.266 e. The summed E-state index contributed by atoms with van der Waals surface area (Å²) in [5.74, 6) is 0.0789. The van der Waals surface area contributed by atoms with Crippen molar-refractivity contribution in [3.8, 4) is 17.0 Å². The number of rotatable bonds is 7. The number of aryl methyl sites for hydroxylation is 1. The summed E-state index contributed by atoms with van der Waals surface area (Å²) < 4.78 is 19.6. The third-order valence-corrected chi connectivity index (χ3v) is 4.13. The van der Waals surface area contributed by atoms with E-state index >= 15 is 0 Å². The van der Waals surface area contributed by atoms with Gasteiger partial charge in [-0.25, -0.2) is 9.07 Å². The van der Waals surface area contributed by atoms with Crippen LogP contribution in [0.5, 0.6) is 5.75 Å². The largest absolute Gasteiger partial charge is 0.497 e. The predicted octanol–water partition coefficient (Wildman–Crippen LogP) is 3.48. The van der Waals surface area contributed by atoms with Crippen LogP contribution in [0.15, 0.2) is 65.5 Å². The highest BCUT2D eigenvalue weighted by molar-refractivity contribution is 5.90. The van der Waals surface area contributed by atoms with Crippen molar-refractivity contribution in [2.24, 2.45) is 0 Å². The first-order chi connectivity index (χ1) is 13.5. The molecular weight excluding hydrogens is 361 g/mol. The molecule has 0 aliphatic heterocycles. The minimum absolute atomic E-state index is 0.192. The molecule has 2 aromatic carbocycles. The summed E-state index contributed by atoms with van der Waals surface area (Å²) in [7, 11) is 1.60. The molecule has 28 heavy (non-hydrogen) atoms. The number of halogens is 1. The highest BCUT2D eigenvalue weighted by Gasteiger charge is 2.07. The molecule has 144 valence electrons. The van der Waals surface area contributed by atoms with Crippen LogP contribution in [0.1, 0.15) is 12.8 Å². The van der Waals surface area contributed by atoms with Gasteiger partial charge in [-0.1, -0.05) is 6.07 Å². The molecule has 0 aliphatic carbocycles. The monoisotopic (exact) mass is 381 g/mol. The van der Waals surface area contributed by atoms with Crippen molar-refractivity contribution in [1.29, 1.82) is 0 Å². The first-order valence-corrected chi connectivity index (χ1v) is 8.83. The lowest BCUT2D eigenvalue weighted by Gasteiger charge is -2.08. The molecule has 7 heteroatoms. The van der Waals surface area contributed by atoms with Gasteiger partial charge >= 0.3 is 0 Å². The van der Waals surface area contributed by atoms with Crippen molar-refractivity contribution >= 4 is 11.6 Å². The molecule has 0 saturated carbocycles. The third-order valence-electron chi connectivity index (χ3n) is 4.13. The summed E-state index contributed by atoms with van der Waals surface area (Å²) in [5.41, 5.74) is 1.69. The van der Waals surface area contributed by atoms with Crippen LogP contribution in [-0.2, 0) is 11.3 Å². The molecule has 0 unspecified atom stereocenters. The van der Waals surface area contributed by atoms with Crippen molar-refractivity contribution in [2.45, 2.75) is 19.4 Å². The van der Waals surface area contributed by atoms with Gasteiger partial charge in [0.25, 0.3) is 5.56 Å². The topological polar surface area (TPSA) is 73.2 Å². The Balaban J connectivity index is 1.60. The summed E-state index contributed by atoms with van der Waals surface area (Å²) in [6.07, 6.45) is 0.623. The number of benzene rings is 2. The number of nitrogens with one attached hydrogen (secondary N) is 1. The van der Waals surface area contributed by atoms with Crippen molar-refractivity contribution in [1.82, 2.24) is 9.78 Å². The number of aromatic nitrogens is 2. The Morgan fingerprint density at radius 1 is 1.14 bits per heavy atom. The SMILES string of the molecule is COc1ccc(-c2ccc(=O)n(CCCC(=O)Nc3cccc(F)c3)n2)cc1. The molecule has 0 bridgehead atoms. The van der Waals surface area contributed by atoms with Crippen LogP contribution >= 0.6 is 0 Å². The number of hydrogen-bond acceptors (Lipinski definition) is 4. The zero-order valence-electron chi connectivity index (χ0n) is 15.4. The Kier molecular flexibility index (Phi) is 6.16. The summed E-state index contributed by atoms with van der Waals surface area (Å²) >= 11 is 0. The van der Waals surface area contributed by atoms with E-state index in [1.165, 1.54) is 28.9 Å². The van der Waals surface area contributed by atoms with Gasteiger partial charge in [0, 0.05) is 30.3 Å². The van der Waals surface area contributed by atoms with Gasteiger partial charge in [0.1, 0.15) is 11.6 Å². The molecule has 1 N–H and O–H groups in total. The second kappa shape index (κ2) is 8.94. The predicted molar refractivity (Wildman–Crippen MR) is 105 cm³/mol. The van der Waals surface area contributed by atoms with E-state index in [-0.39, 0.29) is 17.9 Å². The standard InChI is InChI=1S/C21H20FN3O3/c1-28-18-9-7-15(8-10-18)19-11-12-21(27)25(24-19)13-3-6-20(26)23-17-5-2-4-16(22)14-17/h2,4-5,7-12,14H,3,6,13H2,1H3,(H,23,26). The van der Waals surface area contributed by atoms with Gasteiger partial charge in [0.15, 0.2) is 0 Å². The molecule has 0 fully saturated rings. The van der Waals surface area contributed by atoms with E-state index in [0.29, 0.717) is 24.3 Å². The van der Waals surface area contributed by atoms with Crippen LogP contribution in [-0.4, -0.2) is 22.8 Å². The average molecular weight is 381 g/mol. The lowest BCUT2D eigenvalue weighted by Crippen LogP contribution is -2.23. The van der Waals surface area contributed by atoms with Gasteiger partial charge in [-0.15, -0.1) is 0 Å². The van der Waals surface area contributed by atoms with Crippen LogP contribution in [0.2, 0.25) is 0 Å². The number of nitrogens with zero attached hydrogens (tertiary/aromatic N) is 2. The van der Waals surface area contributed by atoms with E-state index < -0.39 is 5.82 Å². The molecule has 1 heterocycles. The Morgan fingerprint density at radius 2 is 1.93 bits per heavy atom. The lowest BCUT2D eigenvalue weighted by atomic mass is 10.1. The molecule has 1 amide bonds. The quantitative estimate of drug-likeness (QED) is 0.680. The molecule has 1 aromatic heterocycles. The maximum Gasteiger partial charge on any atom is 0.266 e. The zero-order chi connectivity index (χ0) is 19.9. The summed E-state index contributed by atoms with van der Waals surface area (Å²) in [6.45, 7) is 0.305. The Morgan fingerprint density at radius 3 is 2.64 bits per heavy atom. The van der Waals surface area contributed by atoms with Gasteiger partial charge in [0.05, 0.1) is 12.8 Å². The maximum absolute atomic E-state index is 13.2.